The standard InChI is InChI=1S/C13H15NO/c1-2-6-11(9-10-14)13(15)12-7-4-3-5-8-12/h3-5,7-8,11H,2,6,9H2,1H3. The van der Waals surface area contributed by atoms with Crippen LogP contribution in [0.1, 0.15) is 36.5 Å². The largest absolute Gasteiger partial charge is 0.294 e. The van der Waals surface area contributed by atoms with Gasteiger partial charge in [0.05, 0.1) is 6.07 Å². The number of rotatable bonds is 5. The van der Waals surface area contributed by atoms with Gasteiger partial charge in [-0.3, -0.25) is 4.79 Å². The van der Waals surface area contributed by atoms with Gasteiger partial charge in [-0.1, -0.05) is 43.7 Å². The SMILES string of the molecule is CCCC(CC#N)C(=O)c1ccccc1. The number of ketones is 1. The molecule has 0 spiro atoms. The van der Waals surface area contributed by atoms with Crippen LogP contribution in [0.2, 0.25) is 0 Å². The van der Waals surface area contributed by atoms with E-state index >= 15 is 0 Å². The predicted molar refractivity (Wildman–Crippen MR) is 59.4 cm³/mol. The number of nitriles is 1. The summed E-state index contributed by atoms with van der Waals surface area (Å²) in [6.45, 7) is 2.03. The van der Waals surface area contributed by atoms with Crippen LogP contribution in [0.3, 0.4) is 0 Å². The molecule has 0 radical (unpaired) electrons. The molecule has 0 saturated heterocycles. The van der Waals surface area contributed by atoms with Gasteiger partial charge in [0.15, 0.2) is 5.78 Å². The van der Waals surface area contributed by atoms with Crippen LogP contribution in [0, 0.1) is 17.2 Å². The molecule has 0 bridgehead atoms. The molecule has 78 valence electrons. The predicted octanol–water partition coefficient (Wildman–Crippen LogP) is 3.20. The second-order valence-electron chi connectivity index (χ2n) is 3.58. The van der Waals surface area contributed by atoms with Crippen molar-refractivity contribution in [1.82, 2.24) is 0 Å². The van der Waals surface area contributed by atoms with Crippen molar-refractivity contribution in [2.45, 2.75) is 26.2 Å². The Bertz CT molecular complexity index is 351. The summed E-state index contributed by atoms with van der Waals surface area (Å²) in [4.78, 5) is 12.0. The van der Waals surface area contributed by atoms with Crippen molar-refractivity contribution in [2.24, 2.45) is 5.92 Å². The average Bonchev–Trinajstić information content (AvgIpc) is 2.29. The Hall–Kier alpha value is -1.62. The molecule has 0 aliphatic carbocycles. The van der Waals surface area contributed by atoms with E-state index in [1.54, 1.807) is 0 Å². The minimum atomic E-state index is -0.137. The first-order chi connectivity index (χ1) is 7.29. The Kier molecular flexibility index (Phi) is 4.56. The first kappa shape index (κ1) is 11.5. The normalized spacial score (nSPS) is 11.7. The van der Waals surface area contributed by atoms with Gasteiger partial charge in [0.1, 0.15) is 0 Å². The van der Waals surface area contributed by atoms with Crippen LogP contribution in [-0.2, 0) is 0 Å². The fraction of sp³-hybridized carbons (Fsp3) is 0.385. The number of benzene rings is 1. The van der Waals surface area contributed by atoms with Gasteiger partial charge in [0.2, 0.25) is 0 Å². The summed E-state index contributed by atoms with van der Waals surface area (Å²) in [7, 11) is 0. The minimum Gasteiger partial charge on any atom is -0.294 e. The summed E-state index contributed by atoms with van der Waals surface area (Å²) in [5.74, 6) is -0.0404. The van der Waals surface area contributed by atoms with Gasteiger partial charge < -0.3 is 0 Å². The third-order valence-electron chi connectivity index (χ3n) is 2.40. The first-order valence-electron chi connectivity index (χ1n) is 5.25. The molecule has 15 heavy (non-hydrogen) atoms. The molecule has 0 N–H and O–H groups in total. The Morgan fingerprint density at radius 2 is 2.07 bits per heavy atom. The third kappa shape index (κ3) is 3.21. The molecular formula is C13H15NO. The Morgan fingerprint density at radius 3 is 2.60 bits per heavy atom. The van der Waals surface area contributed by atoms with E-state index in [9.17, 15) is 4.79 Å². The molecular weight excluding hydrogens is 186 g/mol. The van der Waals surface area contributed by atoms with Crippen molar-refractivity contribution in [1.29, 1.82) is 5.26 Å². The highest BCUT2D eigenvalue weighted by atomic mass is 16.1. The molecule has 1 aromatic carbocycles. The lowest BCUT2D eigenvalue weighted by atomic mass is 9.91. The van der Waals surface area contributed by atoms with Crippen LogP contribution in [0.4, 0.5) is 0 Å². The van der Waals surface area contributed by atoms with Crippen LogP contribution in [0.5, 0.6) is 0 Å². The van der Waals surface area contributed by atoms with E-state index in [1.807, 2.05) is 37.3 Å². The van der Waals surface area contributed by atoms with E-state index < -0.39 is 0 Å². The zero-order valence-corrected chi connectivity index (χ0v) is 8.94. The number of carbonyl (C=O) groups is 1. The van der Waals surface area contributed by atoms with Gasteiger partial charge in [-0.05, 0) is 6.42 Å². The number of Topliss-reactive ketones (excluding diaryl/α,β-unsaturated/α-hetero) is 1. The summed E-state index contributed by atoms with van der Waals surface area (Å²) in [5.41, 5.74) is 0.714. The molecule has 1 aromatic rings. The van der Waals surface area contributed by atoms with Crippen LogP contribution in [0.15, 0.2) is 30.3 Å². The molecule has 0 aliphatic rings. The highest BCUT2D eigenvalue weighted by Crippen LogP contribution is 2.17. The number of hydrogen-bond donors (Lipinski definition) is 0. The maximum Gasteiger partial charge on any atom is 0.166 e. The molecule has 2 nitrogen and oxygen atoms in total. The molecule has 0 aromatic heterocycles. The number of nitrogens with zero attached hydrogens (tertiary/aromatic N) is 1. The summed E-state index contributed by atoms with van der Waals surface area (Å²) >= 11 is 0. The first-order valence-corrected chi connectivity index (χ1v) is 5.25. The molecule has 1 rings (SSSR count). The molecule has 2 heteroatoms. The smallest absolute Gasteiger partial charge is 0.166 e. The monoisotopic (exact) mass is 201 g/mol. The second-order valence-corrected chi connectivity index (χ2v) is 3.58. The molecule has 1 atom stereocenters. The van der Waals surface area contributed by atoms with E-state index in [-0.39, 0.29) is 11.7 Å². The molecule has 0 heterocycles. The van der Waals surface area contributed by atoms with Crippen molar-refractivity contribution >= 4 is 5.78 Å². The quantitative estimate of drug-likeness (QED) is 0.686. The van der Waals surface area contributed by atoms with E-state index in [0.29, 0.717) is 12.0 Å². The molecule has 0 fully saturated rings. The van der Waals surface area contributed by atoms with Crippen molar-refractivity contribution in [3.8, 4) is 6.07 Å². The fourth-order valence-corrected chi connectivity index (χ4v) is 1.62. The Labute approximate surface area is 90.5 Å². The fourth-order valence-electron chi connectivity index (χ4n) is 1.62. The van der Waals surface area contributed by atoms with Crippen molar-refractivity contribution in [3.63, 3.8) is 0 Å². The maximum absolute atomic E-state index is 12.0. The van der Waals surface area contributed by atoms with Crippen molar-refractivity contribution in [3.05, 3.63) is 35.9 Å². The van der Waals surface area contributed by atoms with Gasteiger partial charge in [-0.2, -0.15) is 5.26 Å². The Morgan fingerprint density at radius 1 is 1.40 bits per heavy atom. The molecule has 0 saturated carbocycles. The molecule has 0 amide bonds. The third-order valence-corrected chi connectivity index (χ3v) is 2.40. The number of carbonyl (C=O) groups excluding carboxylic acids is 1. The van der Waals surface area contributed by atoms with Gasteiger partial charge in [0, 0.05) is 17.9 Å². The van der Waals surface area contributed by atoms with Crippen molar-refractivity contribution in [2.75, 3.05) is 0 Å². The van der Waals surface area contributed by atoms with E-state index in [4.69, 9.17) is 5.26 Å². The molecule has 1 unspecified atom stereocenters. The summed E-state index contributed by atoms with van der Waals surface area (Å²) in [5, 5.41) is 8.66. The van der Waals surface area contributed by atoms with Gasteiger partial charge in [0.25, 0.3) is 0 Å². The van der Waals surface area contributed by atoms with Crippen LogP contribution < -0.4 is 0 Å². The number of hydrogen-bond acceptors (Lipinski definition) is 2. The summed E-state index contributed by atoms with van der Waals surface area (Å²) < 4.78 is 0. The zero-order valence-electron chi connectivity index (χ0n) is 8.94. The Balaban J connectivity index is 2.77. The summed E-state index contributed by atoms with van der Waals surface area (Å²) in [6, 6.07) is 11.3. The minimum absolute atomic E-state index is 0.0963. The lowest BCUT2D eigenvalue weighted by Gasteiger charge is -2.10. The summed E-state index contributed by atoms with van der Waals surface area (Å²) in [6.07, 6.45) is 2.05. The van der Waals surface area contributed by atoms with Crippen LogP contribution >= 0.6 is 0 Å². The average molecular weight is 201 g/mol. The lowest BCUT2D eigenvalue weighted by Crippen LogP contribution is -2.14. The van der Waals surface area contributed by atoms with Crippen LogP contribution in [0.25, 0.3) is 0 Å². The van der Waals surface area contributed by atoms with E-state index in [2.05, 4.69) is 6.07 Å². The molecule has 0 aliphatic heterocycles. The van der Waals surface area contributed by atoms with Crippen LogP contribution in [-0.4, -0.2) is 5.78 Å². The van der Waals surface area contributed by atoms with Gasteiger partial charge in [-0.25, -0.2) is 0 Å². The zero-order chi connectivity index (χ0) is 11.1. The topological polar surface area (TPSA) is 40.9 Å². The van der Waals surface area contributed by atoms with Crippen molar-refractivity contribution < 1.29 is 4.79 Å². The highest BCUT2D eigenvalue weighted by molar-refractivity contribution is 5.97. The van der Waals surface area contributed by atoms with E-state index in [1.165, 1.54) is 0 Å². The second kappa shape index (κ2) is 5.98. The highest BCUT2D eigenvalue weighted by Gasteiger charge is 2.18. The maximum atomic E-state index is 12.0. The van der Waals surface area contributed by atoms with Gasteiger partial charge in [-0.15, -0.1) is 0 Å². The van der Waals surface area contributed by atoms with E-state index in [0.717, 1.165) is 12.8 Å². The van der Waals surface area contributed by atoms with Gasteiger partial charge >= 0.3 is 0 Å². The lowest BCUT2D eigenvalue weighted by molar-refractivity contribution is 0.0914.